The van der Waals surface area contributed by atoms with Gasteiger partial charge in [0.05, 0.1) is 6.10 Å². The van der Waals surface area contributed by atoms with E-state index in [0.717, 1.165) is 25.7 Å². The van der Waals surface area contributed by atoms with E-state index in [9.17, 15) is 23.5 Å². The van der Waals surface area contributed by atoms with Crippen molar-refractivity contribution in [2.75, 3.05) is 6.54 Å². The quantitative estimate of drug-likeness (QED) is 0.354. The van der Waals surface area contributed by atoms with Gasteiger partial charge in [-0.2, -0.15) is 8.78 Å². The second-order valence-electron chi connectivity index (χ2n) is 8.56. The van der Waals surface area contributed by atoms with Crippen LogP contribution in [0.1, 0.15) is 77.2 Å². The number of rotatable bonds is 13. The Labute approximate surface area is 183 Å². The number of carbonyl (C=O) groups excluding carboxylic acids is 2. The zero-order valence-electron chi connectivity index (χ0n) is 18.6. The van der Waals surface area contributed by atoms with Crippen molar-refractivity contribution in [3.8, 4) is 0 Å². The molecule has 0 aliphatic carbocycles. The number of carbonyl (C=O) groups is 2. The molecule has 1 heterocycles. The zero-order valence-corrected chi connectivity index (χ0v) is 18.6. The fraction of sp³-hybridized carbons (Fsp3) is 0.667. The van der Waals surface area contributed by atoms with Crippen LogP contribution in [0.15, 0.2) is 30.3 Å². The third-order valence-corrected chi connectivity index (χ3v) is 5.70. The summed E-state index contributed by atoms with van der Waals surface area (Å²) in [6, 6.07) is 7.25. The van der Waals surface area contributed by atoms with Gasteiger partial charge in [0, 0.05) is 31.0 Å². The van der Waals surface area contributed by atoms with Crippen molar-refractivity contribution in [2.24, 2.45) is 0 Å². The third kappa shape index (κ3) is 7.87. The first-order valence-electron chi connectivity index (χ1n) is 11.3. The highest BCUT2D eigenvalue weighted by Crippen LogP contribution is 2.35. The molecule has 1 saturated heterocycles. The van der Waals surface area contributed by atoms with Crippen LogP contribution in [0, 0.1) is 0 Å². The highest BCUT2D eigenvalue weighted by Gasteiger charge is 2.41. The lowest BCUT2D eigenvalue weighted by Crippen LogP contribution is -2.36. The molecular formula is C24H35F2NO4. The van der Waals surface area contributed by atoms with Crippen LogP contribution in [-0.2, 0) is 20.2 Å². The predicted octanol–water partition coefficient (Wildman–Crippen LogP) is 4.81. The average molecular weight is 440 g/mol. The number of ether oxygens (including phenoxy) is 1. The molecular weight excluding hydrogens is 404 g/mol. The zero-order chi connectivity index (χ0) is 22.9. The number of amides is 1. The molecule has 1 aliphatic heterocycles. The van der Waals surface area contributed by atoms with Gasteiger partial charge in [0.1, 0.15) is 6.10 Å². The molecule has 0 saturated carbocycles. The molecule has 0 spiro atoms. The van der Waals surface area contributed by atoms with Gasteiger partial charge in [-0.15, -0.1) is 0 Å². The standard InChI is InChI=1S/C24H35F2NO4/c1-18(2)31-23(30)12-8-3-4-9-17-27-20(14-16-22(27)29)13-15-21(28)24(25,26)19-10-6-5-7-11-19/h5-7,10-11,18,20-21,28H,3-4,8-9,12-17H2,1-2H3/t20-,21+/m0/s1. The number of aliphatic hydroxyl groups excluding tert-OH is 1. The topological polar surface area (TPSA) is 66.8 Å². The van der Waals surface area contributed by atoms with Crippen LogP contribution in [0.5, 0.6) is 0 Å². The highest BCUT2D eigenvalue weighted by molar-refractivity contribution is 5.78. The number of benzene rings is 1. The second kappa shape index (κ2) is 12.1. The van der Waals surface area contributed by atoms with E-state index in [2.05, 4.69) is 0 Å². The fourth-order valence-electron chi connectivity index (χ4n) is 4.01. The molecule has 0 radical (unpaired) electrons. The molecule has 0 unspecified atom stereocenters. The first-order valence-corrected chi connectivity index (χ1v) is 11.3. The minimum absolute atomic E-state index is 0.0508. The molecule has 5 nitrogen and oxygen atoms in total. The van der Waals surface area contributed by atoms with E-state index in [1.807, 2.05) is 13.8 Å². The van der Waals surface area contributed by atoms with Crippen molar-refractivity contribution in [3.05, 3.63) is 35.9 Å². The monoisotopic (exact) mass is 439 g/mol. The molecule has 31 heavy (non-hydrogen) atoms. The van der Waals surface area contributed by atoms with E-state index in [0.29, 0.717) is 32.2 Å². The van der Waals surface area contributed by atoms with Gasteiger partial charge < -0.3 is 14.7 Å². The summed E-state index contributed by atoms with van der Waals surface area (Å²) in [5, 5.41) is 10.1. The average Bonchev–Trinajstić information content (AvgIpc) is 3.08. The summed E-state index contributed by atoms with van der Waals surface area (Å²) in [4.78, 5) is 25.5. The number of nitrogens with zero attached hydrogens (tertiary/aromatic N) is 1. The number of unbranched alkanes of at least 4 members (excludes halogenated alkanes) is 3. The van der Waals surface area contributed by atoms with Crippen LogP contribution in [0.25, 0.3) is 0 Å². The van der Waals surface area contributed by atoms with Crippen LogP contribution in [0.4, 0.5) is 8.78 Å². The summed E-state index contributed by atoms with van der Waals surface area (Å²) in [6.07, 6.45) is 3.22. The van der Waals surface area contributed by atoms with Crippen molar-refractivity contribution >= 4 is 11.9 Å². The van der Waals surface area contributed by atoms with Gasteiger partial charge in [-0.1, -0.05) is 43.2 Å². The smallest absolute Gasteiger partial charge is 0.306 e. The minimum atomic E-state index is -3.31. The molecule has 1 aromatic rings. The summed E-state index contributed by atoms with van der Waals surface area (Å²) >= 11 is 0. The highest BCUT2D eigenvalue weighted by atomic mass is 19.3. The second-order valence-corrected chi connectivity index (χ2v) is 8.56. The number of esters is 1. The Hall–Kier alpha value is -2.02. The lowest BCUT2D eigenvalue weighted by Gasteiger charge is -2.28. The fourth-order valence-corrected chi connectivity index (χ4v) is 4.01. The molecule has 7 heteroatoms. The Morgan fingerprint density at radius 3 is 2.55 bits per heavy atom. The SMILES string of the molecule is CC(C)OC(=O)CCCCCCN1C(=O)CC[C@@H]1CC[C@@H](O)C(F)(F)c1ccccc1. The van der Waals surface area contributed by atoms with Gasteiger partial charge in [0.2, 0.25) is 5.91 Å². The van der Waals surface area contributed by atoms with Crippen molar-refractivity contribution in [1.82, 2.24) is 4.90 Å². The van der Waals surface area contributed by atoms with Gasteiger partial charge in [-0.25, -0.2) is 0 Å². The number of hydrogen-bond donors (Lipinski definition) is 1. The normalized spacial score (nSPS) is 17.9. The van der Waals surface area contributed by atoms with E-state index in [1.54, 1.807) is 11.0 Å². The van der Waals surface area contributed by atoms with Crippen molar-refractivity contribution in [2.45, 2.75) is 95.8 Å². The van der Waals surface area contributed by atoms with Gasteiger partial charge in [0.15, 0.2) is 0 Å². The molecule has 0 bridgehead atoms. The van der Waals surface area contributed by atoms with Crippen LogP contribution in [0.3, 0.4) is 0 Å². The Morgan fingerprint density at radius 2 is 1.87 bits per heavy atom. The molecule has 1 aliphatic rings. The maximum absolute atomic E-state index is 14.5. The maximum Gasteiger partial charge on any atom is 0.306 e. The van der Waals surface area contributed by atoms with Crippen molar-refractivity contribution in [1.29, 1.82) is 0 Å². The number of aliphatic hydroxyl groups is 1. The number of alkyl halides is 2. The molecule has 1 amide bonds. The van der Waals surface area contributed by atoms with Crippen molar-refractivity contribution in [3.63, 3.8) is 0 Å². The summed E-state index contributed by atoms with van der Waals surface area (Å²) in [7, 11) is 0. The summed E-state index contributed by atoms with van der Waals surface area (Å²) in [5.74, 6) is -3.45. The Morgan fingerprint density at radius 1 is 1.19 bits per heavy atom. The lowest BCUT2D eigenvalue weighted by atomic mass is 9.97. The van der Waals surface area contributed by atoms with E-state index in [4.69, 9.17) is 4.74 Å². The van der Waals surface area contributed by atoms with Gasteiger partial charge in [-0.3, -0.25) is 9.59 Å². The Bertz CT molecular complexity index is 696. The molecule has 1 fully saturated rings. The van der Waals surface area contributed by atoms with E-state index >= 15 is 0 Å². The third-order valence-electron chi connectivity index (χ3n) is 5.70. The summed E-state index contributed by atoms with van der Waals surface area (Å²) in [5.41, 5.74) is -0.195. The van der Waals surface area contributed by atoms with E-state index in [1.165, 1.54) is 24.3 Å². The maximum atomic E-state index is 14.5. The number of hydrogen-bond acceptors (Lipinski definition) is 4. The van der Waals surface area contributed by atoms with Crippen LogP contribution in [0.2, 0.25) is 0 Å². The lowest BCUT2D eigenvalue weighted by molar-refractivity contribution is -0.147. The first kappa shape index (κ1) is 25.2. The van der Waals surface area contributed by atoms with E-state index < -0.39 is 12.0 Å². The number of likely N-dealkylation sites (tertiary alicyclic amines) is 1. The molecule has 0 aromatic heterocycles. The van der Waals surface area contributed by atoms with Gasteiger partial charge in [0.25, 0.3) is 5.92 Å². The largest absolute Gasteiger partial charge is 0.463 e. The van der Waals surface area contributed by atoms with E-state index in [-0.39, 0.29) is 36.0 Å². The summed E-state index contributed by atoms with van der Waals surface area (Å²) in [6.45, 7) is 4.23. The Balaban J connectivity index is 1.72. The molecule has 1 N–H and O–H groups in total. The molecule has 2 atom stereocenters. The minimum Gasteiger partial charge on any atom is -0.463 e. The predicted molar refractivity (Wildman–Crippen MR) is 115 cm³/mol. The molecule has 1 aromatic carbocycles. The first-order chi connectivity index (χ1) is 14.7. The van der Waals surface area contributed by atoms with Crippen LogP contribution in [-0.4, -0.2) is 46.7 Å². The summed E-state index contributed by atoms with van der Waals surface area (Å²) < 4.78 is 34.1. The van der Waals surface area contributed by atoms with Crippen molar-refractivity contribution < 1.29 is 28.2 Å². The Kier molecular flexibility index (Phi) is 9.88. The van der Waals surface area contributed by atoms with Crippen LogP contribution >= 0.6 is 0 Å². The molecule has 2 rings (SSSR count). The van der Waals surface area contributed by atoms with Gasteiger partial charge >= 0.3 is 5.97 Å². The van der Waals surface area contributed by atoms with Gasteiger partial charge in [-0.05, 0) is 46.0 Å². The number of halogens is 2. The molecule has 174 valence electrons. The van der Waals surface area contributed by atoms with Crippen LogP contribution < -0.4 is 0 Å².